The molecule has 0 spiro atoms. The van der Waals surface area contributed by atoms with Gasteiger partial charge in [-0.25, -0.2) is 4.98 Å². The van der Waals surface area contributed by atoms with Crippen molar-refractivity contribution in [2.45, 2.75) is 30.7 Å². The first-order chi connectivity index (χ1) is 17.2. The standard InChI is InChI=1S/C23H20F3N5O5/c24-23(25,26)13-6-4-11(5-7-13)12-2-1-3-14(8-12)35-22-29-19(27)16-20(30-22)31(10-28-16)21-18(34)17(33)15(9-32)36-21/h1-8,10,15,17-18,21,32-34H,9H2,(H2,27,29,30)/t15?,17?,18-,21-/m1/s1. The van der Waals surface area contributed by atoms with Crippen LogP contribution in [0.15, 0.2) is 54.9 Å². The van der Waals surface area contributed by atoms with Gasteiger partial charge >= 0.3 is 12.2 Å². The summed E-state index contributed by atoms with van der Waals surface area (Å²) >= 11 is 0. The number of fused-ring (bicyclic) bond motifs is 1. The van der Waals surface area contributed by atoms with Gasteiger partial charge in [-0.2, -0.15) is 23.1 Å². The number of aliphatic hydroxyl groups is 3. The Hall–Kier alpha value is -3.78. The van der Waals surface area contributed by atoms with Gasteiger partial charge in [-0.1, -0.05) is 24.3 Å². The van der Waals surface area contributed by atoms with E-state index >= 15 is 0 Å². The van der Waals surface area contributed by atoms with Crippen LogP contribution in [-0.2, 0) is 10.9 Å². The number of hydrogen-bond donors (Lipinski definition) is 4. The summed E-state index contributed by atoms with van der Waals surface area (Å²) in [5, 5.41) is 29.8. The lowest BCUT2D eigenvalue weighted by atomic mass is 10.0. The lowest BCUT2D eigenvalue weighted by molar-refractivity contribution is -0.137. The molecule has 13 heteroatoms. The van der Waals surface area contributed by atoms with Crippen LogP contribution >= 0.6 is 0 Å². The predicted octanol–water partition coefficient (Wildman–Crippen LogP) is 2.50. The zero-order valence-electron chi connectivity index (χ0n) is 18.4. The van der Waals surface area contributed by atoms with E-state index < -0.39 is 42.9 Å². The highest BCUT2D eigenvalue weighted by atomic mass is 19.4. The van der Waals surface area contributed by atoms with E-state index in [1.807, 2.05) is 0 Å². The molecule has 2 aromatic carbocycles. The normalized spacial score (nSPS) is 22.3. The predicted molar refractivity (Wildman–Crippen MR) is 120 cm³/mol. The summed E-state index contributed by atoms with van der Waals surface area (Å²) in [6.45, 7) is -0.498. The Bertz CT molecular complexity index is 1400. The summed E-state index contributed by atoms with van der Waals surface area (Å²) in [5.74, 6) is 0.282. The molecule has 2 aromatic heterocycles. The summed E-state index contributed by atoms with van der Waals surface area (Å²) in [5.41, 5.74) is 6.79. The van der Waals surface area contributed by atoms with E-state index in [2.05, 4.69) is 15.0 Å². The molecule has 1 aliphatic rings. The zero-order valence-corrected chi connectivity index (χ0v) is 18.4. The third-order valence-corrected chi connectivity index (χ3v) is 5.81. The molecule has 1 saturated heterocycles. The van der Waals surface area contributed by atoms with Crippen LogP contribution in [0.3, 0.4) is 0 Å². The fourth-order valence-corrected chi connectivity index (χ4v) is 3.96. The number of alkyl halides is 3. The fraction of sp³-hybridized carbons (Fsp3) is 0.261. The van der Waals surface area contributed by atoms with Crippen molar-refractivity contribution in [3.63, 3.8) is 0 Å². The third-order valence-electron chi connectivity index (χ3n) is 5.81. The van der Waals surface area contributed by atoms with Crippen molar-refractivity contribution in [1.29, 1.82) is 0 Å². The molecule has 4 atom stereocenters. The number of ether oxygens (including phenoxy) is 2. The van der Waals surface area contributed by atoms with Crippen LogP contribution in [0.2, 0.25) is 0 Å². The average Bonchev–Trinajstić information content (AvgIpc) is 3.39. The summed E-state index contributed by atoms with van der Waals surface area (Å²) in [6.07, 6.45) is -7.88. The molecule has 5 rings (SSSR count). The minimum atomic E-state index is -4.43. The van der Waals surface area contributed by atoms with Crippen LogP contribution in [0.25, 0.3) is 22.3 Å². The van der Waals surface area contributed by atoms with E-state index in [1.54, 1.807) is 24.3 Å². The number of halogens is 3. The van der Waals surface area contributed by atoms with Gasteiger partial charge in [0.2, 0.25) is 0 Å². The quantitative estimate of drug-likeness (QED) is 0.322. The summed E-state index contributed by atoms with van der Waals surface area (Å²) in [7, 11) is 0. The highest BCUT2D eigenvalue weighted by molar-refractivity contribution is 5.82. The second-order valence-electron chi connectivity index (χ2n) is 8.15. The Morgan fingerprint density at radius 2 is 1.78 bits per heavy atom. The monoisotopic (exact) mass is 503 g/mol. The number of benzene rings is 2. The summed E-state index contributed by atoms with van der Waals surface area (Å²) < 4.78 is 51.2. The van der Waals surface area contributed by atoms with Gasteiger partial charge in [0.15, 0.2) is 23.2 Å². The molecule has 0 amide bonds. The van der Waals surface area contributed by atoms with Crippen LogP contribution < -0.4 is 10.5 Å². The van der Waals surface area contributed by atoms with Gasteiger partial charge in [-0.05, 0) is 35.4 Å². The molecule has 2 unspecified atom stereocenters. The van der Waals surface area contributed by atoms with Crippen molar-refractivity contribution in [2.24, 2.45) is 0 Å². The van der Waals surface area contributed by atoms with Gasteiger partial charge in [0, 0.05) is 0 Å². The Kier molecular flexibility index (Phi) is 6.00. The summed E-state index contributed by atoms with van der Waals surface area (Å²) in [4.78, 5) is 12.5. The van der Waals surface area contributed by atoms with Crippen LogP contribution in [0.4, 0.5) is 19.0 Å². The molecule has 5 N–H and O–H groups in total. The number of anilines is 1. The lowest BCUT2D eigenvalue weighted by Gasteiger charge is -2.16. The van der Waals surface area contributed by atoms with Crippen molar-refractivity contribution >= 4 is 17.0 Å². The highest BCUT2D eigenvalue weighted by Crippen LogP contribution is 2.34. The molecule has 0 bridgehead atoms. The van der Waals surface area contributed by atoms with Crippen LogP contribution in [0.5, 0.6) is 11.8 Å². The molecule has 188 valence electrons. The summed E-state index contributed by atoms with van der Waals surface area (Å²) in [6, 6.07) is 11.2. The first-order valence-corrected chi connectivity index (χ1v) is 10.7. The Labute approximate surface area is 201 Å². The number of hydrogen-bond acceptors (Lipinski definition) is 9. The van der Waals surface area contributed by atoms with E-state index in [4.69, 9.17) is 15.2 Å². The minimum Gasteiger partial charge on any atom is -0.424 e. The molecular weight excluding hydrogens is 483 g/mol. The second-order valence-corrected chi connectivity index (χ2v) is 8.15. The van der Waals surface area contributed by atoms with Crippen LogP contribution in [-0.4, -0.2) is 59.8 Å². The van der Waals surface area contributed by atoms with Gasteiger partial charge < -0.3 is 30.5 Å². The zero-order chi connectivity index (χ0) is 25.6. The Morgan fingerprint density at radius 1 is 1.03 bits per heavy atom. The average molecular weight is 503 g/mol. The van der Waals surface area contributed by atoms with Gasteiger partial charge in [-0.15, -0.1) is 0 Å². The van der Waals surface area contributed by atoms with Gasteiger partial charge in [0.1, 0.15) is 24.1 Å². The van der Waals surface area contributed by atoms with Gasteiger partial charge in [0.05, 0.1) is 18.5 Å². The van der Waals surface area contributed by atoms with Crippen LogP contribution in [0, 0.1) is 0 Å². The molecule has 0 saturated carbocycles. The topological polar surface area (TPSA) is 149 Å². The van der Waals surface area contributed by atoms with E-state index in [1.165, 1.54) is 23.0 Å². The molecule has 1 aliphatic heterocycles. The van der Waals surface area contributed by atoms with Gasteiger partial charge in [0.25, 0.3) is 0 Å². The maximum absolute atomic E-state index is 12.9. The number of nitrogen functional groups attached to an aromatic ring is 1. The number of aliphatic hydroxyl groups excluding tert-OH is 3. The second kappa shape index (κ2) is 9.02. The highest BCUT2D eigenvalue weighted by Gasteiger charge is 2.44. The van der Waals surface area contributed by atoms with E-state index in [0.29, 0.717) is 16.9 Å². The maximum Gasteiger partial charge on any atom is 0.416 e. The van der Waals surface area contributed by atoms with E-state index in [9.17, 15) is 28.5 Å². The molecule has 1 fully saturated rings. The Balaban J connectivity index is 1.44. The molecule has 0 radical (unpaired) electrons. The van der Waals surface area contributed by atoms with Crippen LogP contribution in [0.1, 0.15) is 11.8 Å². The smallest absolute Gasteiger partial charge is 0.416 e. The number of nitrogens with zero attached hydrogens (tertiary/aromatic N) is 4. The van der Waals surface area contributed by atoms with Crippen molar-refractivity contribution in [1.82, 2.24) is 19.5 Å². The number of aromatic nitrogens is 4. The molecule has 10 nitrogen and oxygen atoms in total. The number of rotatable bonds is 5. The van der Waals surface area contributed by atoms with Crippen molar-refractivity contribution < 1.29 is 38.0 Å². The SMILES string of the molecule is Nc1nc(Oc2cccc(-c3ccc(C(F)(F)F)cc3)c2)nc2c1ncn2[C@@H]1OC(CO)C(O)[C@H]1O. The molecular formula is C23H20F3N5O5. The van der Waals surface area contributed by atoms with Crippen molar-refractivity contribution in [3.8, 4) is 22.9 Å². The molecule has 3 heterocycles. The Morgan fingerprint density at radius 3 is 2.44 bits per heavy atom. The van der Waals surface area contributed by atoms with Crippen molar-refractivity contribution in [2.75, 3.05) is 12.3 Å². The fourth-order valence-electron chi connectivity index (χ4n) is 3.96. The van der Waals surface area contributed by atoms with Crippen molar-refractivity contribution in [3.05, 3.63) is 60.4 Å². The molecule has 4 aromatic rings. The maximum atomic E-state index is 12.9. The first-order valence-electron chi connectivity index (χ1n) is 10.7. The van der Waals surface area contributed by atoms with Gasteiger partial charge in [-0.3, -0.25) is 4.57 Å². The minimum absolute atomic E-state index is 0.0145. The largest absolute Gasteiger partial charge is 0.424 e. The number of imidazole rings is 1. The van der Waals surface area contributed by atoms with E-state index in [-0.39, 0.29) is 23.0 Å². The lowest BCUT2D eigenvalue weighted by Crippen LogP contribution is -2.33. The molecule has 36 heavy (non-hydrogen) atoms. The molecule has 0 aliphatic carbocycles. The van der Waals surface area contributed by atoms with E-state index in [0.717, 1.165) is 12.1 Å². The first kappa shape index (κ1) is 23.9. The third kappa shape index (κ3) is 4.33. The number of nitrogens with two attached hydrogens (primary N) is 1.